The Bertz CT molecular complexity index is 1060. The van der Waals surface area contributed by atoms with Crippen molar-refractivity contribution in [1.82, 2.24) is 0 Å². The maximum Gasteiger partial charge on any atom is 0.119 e. The number of ether oxygens (including phenoxy) is 1. The quantitative estimate of drug-likeness (QED) is 0.0825. The van der Waals surface area contributed by atoms with Crippen molar-refractivity contribution in [3.63, 3.8) is 0 Å². The molecule has 0 spiro atoms. The minimum Gasteiger partial charge on any atom is -0.494 e. The van der Waals surface area contributed by atoms with Crippen LogP contribution in [0, 0.1) is 0 Å². The molecule has 3 aromatic rings. The number of aliphatic hydroxyl groups is 1. The van der Waals surface area contributed by atoms with E-state index in [1.54, 1.807) is 0 Å². The van der Waals surface area contributed by atoms with Crippen molar-refractivity contribution in [2.45, 2.75) is 116 Å². The molecule has 0 unspecified atom stereocenters. The highest BCUT2D eigenvalue weighted by Gasteiger charge is 1.98. The fourth-order valence-electron chi connectivity index (χ4n) is 5.50. The SMILES string of the molecule is CCCCCCCCCCOc1ccc(C=Cc2ccc(C=Cc3ccc(CCCCCCCCCCO)cc3)cc2)cc1. The summed E-state index contributed by atoms with van der Waals surface area (Å²) in [5.74, 6) is 0.962. The first kappa shape index (κ1) is 35.4. The summed E-state index contributed by atoms with van der Waals surface area (Å²) in [6.45, 7) is 3.42. The fraction of sp³-hybridized carbons (Fsp3) is 0.476. The Morgan fingerprint density at radius 1 is 0.455 bits per heavy atom. The minimum atomic E-state index is 0.340. The maximum absolute atomic E-state index is 8.84. The second-order valence-corrected chi connectivity index (χ2v) is 12.3. The van der Waals surface area contributed by atoms with E-state index in [4.69, 9.17) is 9.84 Å². The molecule has 238 valence electrons. The molecule has 3 aromatic carbocycles. The van der Waals surface area contributed by atoms with E-state index in [0.717, 1.165) is 25.2 Å². The molecule has 0 aliphatic rings. The first-order valence-electron chi connectivity index (χ1n) is 17.7. The first-order chi connectivity index (χ1) is 21.8. The van der Waals surface area contributed by atoms with Gasteiger partial charge in [0, 0.05) is 6.61 Å². The molecule has 0 radical (unpaired) electrons. The largest absolute Gasteiger partial charge is 0.494 e. The topological polar surface area (TPSA) is 29.5 Å². The van der Waals surface area contributed by atoms with Crippen LogP contribution in [-0.2, 0) is 6.42 Å². The molecule has 0 saturated heterocycles. The molecular weight excluding hydrogens is 536 g/mol. The van der Waals surface area contributed by atoms with Gasteiger partial charge in [0.05, 0.1) is 6.61 Å². The average molecular weight is 595 g/mol. The molecule has 2 nitrogen and oxygen atoms in total. The first-order valence-corrected chi connectivity index (χ1v) is 17.7. The molecule has 0 atom stereocenters. The predicted molar refractivity (Wildman–Crippen MR) is 193 cm³/mol. The summed E-state index contributed by atoms with van der Waals surface area (Å²) < 4.78 is 5.95. The Morgan fingerprint density at radius 2 is 0.841 bits per heavy atom. The van der Waals surface area contributed by atoms with E-state index < -0.39 is 0 Å². The summed E-state index contributed by atoms with van der Waals surface area (Å²) in [5.41, 5.74) is 6.26. The molecule has 3 rings (SSSR count). The van der Waals surface area contributed by atoms with Gasteiger partial charge in [0.2, 0.25) is 0 Å². The molecule has 0 aliphatic carbocycles. The van der Waals surface area contributed by atoms with E-state index in [9.17, 15) is 0 Å². The van der Waals surface area contributed by atoms with Crippen LogP contribution in [0.5, 0.6) is 5.75 Å². The molecule has 2 heteroatoms. The second kappa shape index (κ2) is 23.3. The van der Waals surface area contributed by atoms with Crippen LogP contribution in [0.4, 0.5) is 0 Å². The van der Waals surface area contributed by atoms with Crippen molar-refractivity contribution in [3.8, 4) is 5.75 Å². The van der Waals surface area contributed by atoms with Gasteiger partial charge in [-0.25, -0.2) is 0 Å². The van der Waals surface area contributed by atoms with E-state index in [-0.39, 0.29) is 0 Å². The Hall–Kier alpha value is -3.10. The van der Waals surface area contributed by atoms with Gasteiger partial charge in [0.25, 0.3) is 0 Å². The zero-order valence-electron chi connectivity index (χ0n) is 27.5. The smallest absolute Gasteiger partial charge is 0.119 e. The lowest BCUT2D eigenvalue weighted by molar-refractivity contribution is 0.282. The highest BCUT2D eigenvalue weighted by molar-refractivity contribution is 5.73. The van der Waals surface area contributed by atoms with Gasteiger partial charge in [-0.2, -0.15) is 0 Å². The van der Waals surface area contributed by atoms with E-state index in [0.29, 0.717) is 6.61 Å². The molecule has 0 fully saturated rings. The lowest BCUT2D eigenvalue weighted by Crippen LogP contribution is -1.97. The van der Waals surface area contributed by atoms with Crippen molar-refractivity contribution in [2.75, 3.05) is 13.2 Å². The van der Waals surface area contributed by atoms with E-state index in [2.05, 4.69) is 104 Å². The number of hydrogen-bond donors (Lipinski definition) is 1. The van der Waals surface area contributed by atoms with Gasteiger partial charge in [0.15, 0.2) is 0 Å². The molecule has 0 amide bonds. The lowest BCUT2D eigenvalue weighted by atomic mass is 10.0. The number of aliphatic hydroxyl groups excluding tert-OH is 1. The lowest BCUT2D eigenvalue weighted by Gasteiger charge is -2.06. The van der Waals surface area contributed by atoms with Crippen molar-refractivity contribution in [2.24, 2.45) is 0 Å². The Morgan fingerprint density at radius 3 is 1.32 bits per heavy atom. The monoisotopic (exact) mass is 594 g/mol. The minimum absolute atomic E-state index is 0.340. The zero-order valence-corrected chi connectivity index (χ0v) is 27.5. The second-order valence-electron chi connectivity index (χ2n) is 12.3. The summed E-state index contributed by atoms with van der Waals surface area (Å²) in [5, 5.41) is 8.84. The third kappa shape index (κ3) is 16.1. The van der Waals surface area contributed by atoms with Crippen LogP contribution in [0.2, 0.25) is 0 Å². The molecule has 0 bridgehead atoms. The fourth-order valence-corrected chi connectivity index (χ4v) is 5.50. The van der Waals surface area contributed by atoms with E-state index in [1.807, 2.05) is 0 Å². The number of aryl methyl sites for hydroxylation is 1. The Kier molecular flexibility index (Phi) is 18.7. The summed E-state index contributed by atoms with van der Waals surface area (Å²) in [6, 6.07) is 26.2. The molecular formula is C42H58O2. The maximum atomic E-state index is 8.84. The van der Waals surface area contributed by atoms with Crippen molar-refractivity contribution in [3.05, 3.63) is 101 Å². The molecule has 44 heavy (non-hydrogen) atoms. The summed E-state index contributed by atoms with van der Waals surface area (Å²) in [6.07, 6.45) is 30.4. The number of benzene rings is 3. The Balaban J connectivity index is 1.30. The van der Waals surface area contributed by atoms with Crippen LogP contribution in [-0.4, -0.2) is 18.3 Å². The van der Waals surface area contributed by atoms with Crippen LogP contribution >= 0.6 is 0 Å². The van der Waals surface area contributed by atoms with Crippen LogP contribution < -0.4 is 4.74 Å². The van der Waals surface area contributed by atoms with Gasteiger partial charge < -0.3 is 9.84 Å². The van der Waals surface area contributed by atoms with Crippen molar-refractivity contribution < 1.29 is 9.84 Å². The van der Waals surface area contributed by atoms with Crippen molar-refractivity contribution in [1.29, 1.82) is 0 Å². The molecule has 0 aromatic heterocycles. The zero-order chi connectivity index (χ0) is 30.9. The highest BCUT2D eigenvalue weighted by Crippen LogP contribution is 2.18. The van der Waals surface area contributed by atoms with Gasteiger partial charge in [0.1, 0.15) is 5.75 Å². The van der Waals surface area contributed by atoms with Gasteiger partial charge in [-0.15, -0.1) is 0 Å². The van der Waals surface area contributed by atoms with E-state index in [1.165, 1.54) is 124 Å². The third-order valence-electron chi connectivity index (χ3n) is 8.37. The Labute approximate surface area is 269 Å². The van der Waals surface area contributed by atoms with Gasteiger partial charge >= 0.3 is 0 Å². The third-order valence-corrected chi connectivity index (χ3v) is 8.37. The summed E-state index contributed by atoms with van der Waals surface area (Å²) >= 11 is 0. The normalized spacial score (nSPS) is 11.6. The van der Waals surface area contributed by atoms with Gasteiger partial charge in [-0.1, -0.05) is 175 Å². The summed E-state index contributed by atoms with van der Waals surface area (Å²) in [7, 11) is 0. The number of rotatable bonds is 24. The number of unbranched alkanes of at least 4 members (excludes halogenated alkanes) is 14. The number of hydrogen-bond acceptors (Lipinski definition) is 2. The average Bonchev–Trinajstić information content (AvgIpc) is 3.06. The van der Waals surface area contributed by atoms with Crippen LogP contribution in [0.3, 0.4) is 0 Å². The summed E-state index contributed by atoms with van der Waals surface area (Å²) in [4.78, 5) is 0. The predicted octanol–water partition coefficient (Wildman–Crippen LogP) is 12.2. The molecule has 0 heterocycles. The van der Waals surface area contributed by atoms with Gasteiger partial charge in [-0.3, -0.25) is 0 Å². The van der Waals surface area contributed by atoms with Crippen LogP contribution in [0.1, 0.15) is 137 Å². The standard InChI is InChI=1S/C42H58O2/c1-2-3-4-5-6-11-14-17-36-44-42-33-31-41(32-34-42)30-29-40-27-25-39(26-28-40)24-23-38-21-19-37(20-22-38)18-15-12-9-7-8-10-13-16-35-43/h19-34,43H,2-18,35-36H2,1H3. The van der Waals surface area contributed by atoms with Crippen molar-refractivity contribution >= 4 is 24.3 Å². The molecule has 1 N–H and O–H groups in total. The van der Waals surface area contributed by atoms with Gasteiger partial charge in [-0.05, 0) is 65.6 Å². The van der Waals surface area contributed by atoms with Crippen LogP contribution in [0.15, 0.2) is 72.8 Å². The van der Waals surface area contributed by atoms with E-state index >= 15 is 0 Å². The van der Waals surface area contributed by atoms with Crippen LogP contribution in [0.25, 0.3) is 24.3 Å². The molecule has 0 aliphatic heterocycles. The molecule has 0 saturated carbocycles. The highest BCUT2D eigenvalue weighted by atomic mass is 16.5.